The number of hydrogen-bond donors (Lipinski definition) is 2. The van der Waals surface area contributed by atoms with Gasteiger partial charge in [0, 0.05) is 6.54 Å². The Hall–Kier alpha value is -2.54. The molecule has 0 heterocycles. The molecule has 7 heteroatoms. The van der Waals surface area contributed by atoms with Crippen LogP contribution in [-0.2, 0) is 13.0 Å². The SMILES string of the molecule is O=C(O)c1ccc(CNCCc2cccc(OCC(F)(F)F)c2)cc1. The first kappa shape index (κ1) is 18.8. The molecule has 0 aromatic heterocycles. The second kappa shape index (κ2) is 8.53. The number of alkyl halides is 3. The second-order valence-corrected chi connectivity index (χ2v) is 5.48. The summed E-state index contributed by atoms with van der Waals surface area (Å²) in [5, 5.41) is 12.0. The van der Waals surface area contributed by atoms with Crippen molar-refractivity contribution in [3.8, 4) is 5.75 Å². The van der Waals surface area contributed by atoms with Crippen LogP contribution in [0.2, 0.25) is 0 Å². The van der Waals surface area contributed by atoms with Crippen LogP contribution in [0.1, 0.15) is 21.5 Å². The summed E-state index contributed by atoms with van der Waals surface area (Å²) in [6.07, 6.45) is -3.72. The fourth-order valence-electron chi connectivity index (χ4n) is 2.19. The van der Waals surface area contributed by atoms with Crippen LogP contribution >= 0.6 is 0 Å². The molecule has 0 fully saturated rings. The van der Waals surface area contributed by atoms with Crippen LogP contribution in [0, 0.1) is 0 Å². The maximum atomic E-state index is 12.2. The number of nitrogens with one attached hydrogen (secondary N) is 1. The Kier molecular flexibility index (Phi) is 6.41. The van der Waals surface area contributed by atoms with Crippen molar-refractivity contribution in [3.05, 3.63) is 65.2 Å². The third kappa shape index (κ3) is 6.84. The van der Waals surface area contributed by atoms with Gasteiger partial charge in [0.1, 0.15) is 5.75 Å². The Morgan fingerprint density at radius 2 is 1.80 bits per heavy atom. The molecule has 0 aliphatic rings. The van der Waals surface area contributed by atoms with Crippen molar-refractivity contribution in [3.63, 3.8) is 0 Å². The van der Waals surface area contributed by atoms with Crippen LogP contribution in [0.25, 0.3) is 0 Å². The topological polar surface area (TPSA) is 58.6 Å². The normalized spacial score (nSPS) is 11.3. The van der Waals surface area contributed by atoms with E-state index in [0.717, 1.165) is 11.1 Å². The highest BCUT2D eigenvalue weighted by Crippen LogP contribution is 2.19. The summed E-state index contributed by atoms with van der Waals surface area (Å²) in [6, 6.07) is 13.1. The molecular weight excluding hydrogens is 335 g/mol. The Bertz CT molecular complexity index is 699. The lowest BCUT2D eigenvalue weighted by atomic mass is 10.1. The molecule has 134 valence electrons. The van der Waals surface area contributed by atoms with Crippen LogP contribution < -0.4 is 10.1 Å². The molecule has 0 spiro atoms. The van der Waals surface area contributed by atoms with E-state index in [-0.39, 0.29) is 11.3 Å². The molecule has 0 saturated heterocycles. The summed E-state index contributed by atoms with van der Waals surface area (Å²) in [5.41, 5.74) is 2.06. The smallest absolute Gasteiger partial charge is 0.422 e. The lowest BCUT2D eigenvalue weighted by molar-refractivity contribution is -0.153. The fraction of sp³-hybridized carbons (Fsp3) is 0.278. The Morgan fingerprint density at radius 1 is 1.08 bits per heavy atom. The Morgan fingerprint density at radius 3 is 2.44 bits per heavy atom. The average molecular weight is 353 g/mol. The van der Waals surface area contributed by atoms with Crippen LogP contribution in [0.4, 0.5) is 13.2 Å². The standard InChI is InChI=1S/C18H18F3NO3/c19-18(20,21)12-25-16-3-1-2-13(10-16)8-9-22-11-14-4-6-15(7-5-14)17(23)24/h1-7,10,22H,8-9,11-12H2,(H,23,24). The van der Waals surface area contributed by atoms with Crippen molar-refractivity contribution in [1.82, 2.24) is 5.32 Å². The molecule has 2 N–H and O–H groups in total. The largest absolute Gasteiger partial charge is 0.484 e. The van der Waals surface area contributed by atoms with E-state index in [0.29, 0.717) is 19.5 Å². The Balaban J connectivity index is 1.77. The minimum atomic E-state index is -4.35. The van der Waals surface area contributed by atoms with Crippen molar-refractivity contribution in [1.29, 1.82) is 0 Å². The van der Waals surface area contributed by atoms with Gasteiger partial charge in [-0.05, 0) is 48.4 Å². The molecule has 0 radical (unpaired) electrons. The number of benzene rings is 2. The minimum Gasteiger partial charge on any atom is -0.484 e. The quantitative estimate of drug-likeness (QED) is 0.711. The average Bonchev–Trinajstić information content (AvgIpc) is 2.57. The van der Waals surface area contributed by atoms with Crippen LogP contribution in [0.3, 0.4) is 0 Å². The first-order valence-corrected chi connectivity index (χ1v) is 7.65. The van der Waals surface area contributed by atoms with E-state index in [1.54, 1.807) is 36.4 Å². The lowest BCUT2D eigenvalue weighted by Crippen LogP contribution is -2.19. The number of hydrogen-bond acceptors (Lipinski definition) is 3. The second-order valence-electron chi connectivity index (χ2n) is 5.48. The van der Waals surface area contributed by atoms with Gasteiger partial charge in [-0.15, -0.1) is 0 Å². The van der Waals surface area contributed by atoms with Crippen molar-refractivity contribution in [2.24, 2.45) is 0 Å². The highest BCUT2D eigenvalue weighted by Gasteiger charge is 2.28. The molecule has 0 saturated carbocycles. The van der Waals surface area contributed by atoms with Gasteiger partial charge in [-0.1, -0.05) is 24.3 Å². The van der Waals surface area contributed by atoms with E-state index in [9.17, 15) is 18.0 Å². The summed E-state index contributed by atoms with van der Waals surface area (Å²) in [7, 11) is 0. The zero-order valence-electron chi connectivity index (χ0n) is 13.3. The molecule has 0 atom stereocenters. The molecule has 2 aromatic carbocycles. The first-order valence-electron chi connectivity index (χ1n) is 7.65. The van der Waals surface area contributed by atoms with Crippen LogP contribution in [-0.4, -0.2) is 30.4 Å². The summed E-state index contributed by atoms with van der Waals surface area (Å²) in [4.78, 5) is 10.8. The molecule has 4 nitrogen and oxygen atoms in total. The third-order valence-electron chi connectivity index (χ3n) is 3.42. The van der Waals surface area contributed by atoms with Gasteiger partial charge in [0.05, 0.1) is 5.56 Å². The van der Waals surface area contributed by atoms with Crippen LogP contribution in [0.5, 0.6) is 5.75 Å². The van der Waals surface area contributed by atoms with E-state index < -0.39 is 18.8 Å². The van der Waals surface area contributed by atoms with Gasteiger partial charge in [-0.25, -0.2) is 4.79 Å². The van der Waals surface area contributed by atoms with E-state index in [1.807, 2.05) is 6.07 Å². The fourth-order valence-corrected chi connectivity index (χ4v) is 2.19. The van der Waals surface area contributed by atoms with Crippen molar-refractivity contribution < 1.29 is 27.8 Å². The predicted molar refractivity (Wildman–Crippen MR) is 86.8 cm³/mol. The zero-order chi connectivity index (χ0) is 18.3. The summed E-state index contributed by atoms with van der Waals surface area (Å²) in [5.74, 6) is -0.772. The van der Waals surface area contributed by atoms with E-state index in [4.69, 9.17) is 9.84 Å². The number of aromatic carboxylic acids is 1. The van der Waals surface area contributed by atoms with Gasteiger partial charge in [0.15, 0.2) is 6.61 Å². The predicted octanol–water partition coefficient (Wildman–Crippen LogP) is 3.66. The molecule has 2 rings (SSSR count). The van der Waals surface area contributed by atoms with Crippen molar-refractivity contribution >= 4 is 5.97 Å². The molecule has 0 aliphatic heterocycles. The monoisotopic (exact) mass is 353 g/mol. The van der Waals surface area contributed by atoms with Gasteiger partial charge in [-0.3, -0.25) is 0 Å². The first-order chi connectivity index (χ1) is 11.8. The van der Waals surface area contributed by atoms with Crippen molar-refractivity contribution in [2.45, 2.75) is 19.1 Å². The lowest BCUT2D eigenvalue weighted by Gasteiger charge is -2.10. The molecule has 2 aromatic rings. The molecule has 0 bridgehead atoms. The Labute approximate surface area is 143 Å². The minimum absolute atomic E-state index is 0.194. The number of carboxylic acids is 1. The van der Waals surface area contributed by atoms with Gasteiger partial charge in [0.25, 0.3) is 0 Å². The zero-order valence-corrected chi connectivity index (χ0v) is 13.3. The maximum Gasteiger partial charge on any atom is 0.422 e. The summed E-state index contributed by atoms with van der Waals surface area (Å²) in [6.45, 7) is -0.103. The number of ether oxygens (including phenoxy) is 1. The maximum absolute atomic E-state index is 12.2. The summed E-state index contributed by atoms with van der Waals surface area (Å²) < 4.78 is 41.2. The summed E-state index contributed by atoms with van der Waals surface area (Å²) >= 11 is 0. The van der Waals surface area contributed by atoms with Gasteiger partial charge in [0.2, 0.25) is 0 Å². The van der Waals surface area contributed by atoms with Gasteiger partial charge >= 0.3 is 12.1 Å². The number of rotatable bonds is 8. The molecular formula is C18H18F3NO3. The van der Waals surface area contributed by atoms with Gasteiger partial charge in [-0.2, -0.15) is 13.2 Å². The number of carbonyl (C=O) groups is 1. The molecule has 0 aliphatic carbocycles. The highest BCUT2D eigenvalue weighted by molar-refractivity contribution is 5.87. The van der Waals surface area contributed by atoms with Crippen LogP contribution in [0.15, 0.2) is 48.5 Å². The molecule has 25 heavy (non-hydrogen) atoms. The third-order valence-corrected chi connectivity index (χ3v) is 3.42. The van der Waals surface area contributed by atoms with E-state index in [1.165, 1.54) is 6.07 Å². The number of halogens is 3. The highest BCUT2D eigenvalue weighted by atomic mass is 19.4. The van der Waals surface area contributed by atoms with E-state index in [2.05, 4.69) is 5.32 Å². The molecule has 0 unspecified atom stereocenters. The molecule has 0 amide bonds. The van der Waals surface area contributed by atoms with Gasteiger partial charge < -0.3 is 15.2 Å². The number of carboxylic acid groups (broad SMARTS) is 1. The van der Waals surface area contributed by atoms with Crippen molar-refractivity contribution in [2.75, 3.05) is 13.2 Å². The van der Waals surface area contributed by atoms with E-state index >= 15 is 0 Å².